The van der Waals surface area contributed by atoms with E-state index in [1.807, 2.05) is 29.2 Å². The minimum atomic E-state index is -0.431. The average molecular weight is 284 g/mol. The molecule has 104 valence electrons. The first-order valence-corrected chi connectivity index (χ1v) is 6.72. The highest BCUT2D eigenvalue weighted by Crippen LogP contribution is 2.22. The van der Waals surface area contributed by atoms with Crippen LogP contribution in [0.2, 0.25) is 5.02 Å². The standard InChI is InChI=1S/C14H18ClNO3/c1-19-14(18)13-8-12(17)5-6-16(13)9-10-3-2-4-11(15)7-10/h2-4,7,12-13,17H,5-6,8-9H2,1H3/t12-,13+/m1/s1. The smallest absolute Gasteiger partial charge is 0.323 e. The van der Waals surface area contributed by atoms with Gasteiger partial charge >= 0.3 is 5.97 Å². The van der Waals surface area contributed by atoms with Gasteiger partial charge in [0.2, 0.25) is 0 Å². The minimum absolute atomic E-state index is 0.291. The Hall–Kier alpha value is -1.10. The summed E-state index contributed by atoms with van der Waals surface area (Å²) in [5, 5.41) is 10.4. The maximum Gasteiger partial charge on any atom is 0.323 e. The zero-order chi connectivity index (χ0) is 13.8. The Balaban J connectivity index is 2.10. The van der Waals surface area contributed by atoms with Crippen molar-refractivity contribution in [3.8, 4) is 0 Å². The number of methoxy groups -OCH3 is 1. The molecule has 0 spiro atoms. The molecule has 2 rings (SSSR count). The first kappa shape index (κ1) is 14.3. The largest absolute Gasteiger partial charge is 0.468 e. The third-order valence-electron chi connectivity index (χ3n) is 3.43. The van der Waals surface area contributed by atoms with Crippen molar-refractivity contribution < 1.29 is 14.6 Å². The van der Waals surface area contributed by atoms with Gasteiger partial charge in [-0.1, -0.05) is 23.7 Å². The summed E-state index contributed by atoms with van der Waals surface area (Å²) < 4.78 is 4.81. The first-order chi connectivity index (χ1) is 9.10. The van der Waals surface area contributed by atoms with Crippen molar-refractivity contribution in [3.05, 3.63) is 34.9 Å². The van der Waals surface area contributed by atoms with E-state index >= 15 is 0 Å². The SMILES string of the molecule is COC(=O)[C@@H]1C[C@H](O)CCN1Cc1cccc(Cl)c1. The summed E-state index contributed by atoms with van der Waals surface area (Å²) in [5.41, 5.74) is 1.05. The lowest BCUT2D eigenvalue weighted by Crippen LogP contribution is -2.48. The molecule has 0 unspecified atom stereocenters. The lowest BCUT2D eigenvalue weighted by molar-refractivity contribution is -0.150. The summed E-state index contributed by atoms with van der Waals surface area (Å²) in [6.45, 7) is 1.31. The van der Waals surface area contributed by atoms with Gasteiger partial charge in [0.25, 0.3) is 0 Å². The predicted octanol–water partition coefficient (Wildman–Crippen LogP) is 1.84. The summed E-state index contributed by atoms with van der Waals surface area (Å²) >= 11 is 5.96. The Kier molecular flexibility index (Phi) is 4.80. The fourth-order valence-electron chi connectivity index (χ4n) is 2.44. The molecule has 0 bridgehead atoms. The number of hydrogen-bond acceptors (Lipinski definition) is 4. The van der Waals surface area contributed by atoms with Gasteiger partial charge < -0.3 is 9.84 Å². The summed E-state index contributed by atoms with van der Waals surface area (Å²) in [7, 11) is 1.38. The van der Waals surface area contributed by atoms with Gasteiger partial charge in [0.1, 0.15) is 6.04 Å². The fraction of sp³-hybridized carbons (Fsp3) is 0.500. The van der Waals surface area contributed by atoms with E-state index in [4.69, 9.17) is 16.3 Å². The number of aliphatic hydroxyl groups is 1. The average Bonchev–Trinajstić information content (AvgIpc) is 2.40. The number of carbonyl (C=O) groups excluding carboxylic acids is 1. The van der Waals surface area contributed by atoms with Gasteiger partial charge in [-0.3, -0.25) is 9.69 Å². The van der Waals surface area contributed by atoms with E-state index in [0.717, 1.165) is 5.56 Å². The van der Waals surface area contributed by atoms with Crippen LogP contribution in [-0.4, -0.2) is 41.8 Å². The molecule has 1 N–H and O–H groups in total. The van der Waals surface area contributed by atoms with E-state index < -0.39 is 6.10 Å². The summed E-state index contributed by atoms with van der Waals surface area (Å²) in [6, 6.07) is 7.20. The molecule has 4 nitrogen and oxygen atoms in total. The van der Waals surface area contributed by atoms with Gasteiger partial charge in [-0.25, -0.2) is 0 Å². The number of carbonyl (C=O) groups is 1. The molecule has 2 atom stereocenters. The van der Waals surface area contributed by atoms with E-state index in [9.17, 15) is 9.90 Å². The van der Waals surface area contributed by atoms with Gasteiger partial charge in [0.05, 0.1) is 13.2 Å². The number of likely N-dealkylation sites (tertiary alicyclic amines) is 1. The van der Waals surface area contributed by atoms with Crippen LogP contribution in [0.1, 0.15) is 18.4 Å². The Bertz CT molecular complexity index is 452. The number of hydrogen-bond donors (Lipinski definition) is 1. The molecule has 0 aliphatic carbocycles. The lowest BCUT2D eigenvalue weighted by atomic mass is 9.98. The third kappa shape index (κ3) is 3.69. The van der Waals surface area contributed by atoms with Crippen LogP contribution in [-0.2, 0) is 16.1 Å². The van der Waals surface area contributed by atoms with Crippen LogP contribution in [0.5, 0.6) is 0 Å². The summed E-state index contributed by atoms with van der Waals surface area (Å²) in [4.78, 5) is 13.8. The molecule has 19 heavy (non-hydrogen) atoms. The van der Waals surface area contributed by atoms with E-state index in [1.165, 1.54) is 7.11 Å². The number of nitrogens with zero attached hydrogens (tertiary/aromatic N) is 1. The van der Waals surface area contributed by atoms with Crippen LogP contribution >= 0.6 is 11.6 Å². The second-order valence-corrected chi connectivity index (χ2v) is 5.25. The molecule has 0 radical (unpaired) electrons. The molecular weight excluding hydrogens is 266 g/mol. The molecule has 1 aliphatic rings. The fourth-order valence-corrected chi connectivity index (χ4v) is 2.65. The van der Waals surface area contributed by atoms with Gasteiger partial charge in [-0.15, -0.1) is 0 Å². The highest BCUT2D eigenvalue weighted by atomic mass is 35.5. The maximum atomic E-state index is 11.8. The van der Waals surface area contributed by atoms with Crippen molar-refractivity contribution >= 4 is 17.6 Å². The predicted molar refractivity (Wildman–Crippen MR) is 72.9 cm³/mol. The Labute approximate surface area is 117 Å². The van der Waals surface area contributed by atoms with Crippen LogP contribution in [0, 0.1) is 0 Å². The van der Waals surface area contributed by atoms with E-state index in [-0.39, 0.29) is 12.0 Å². The molecule has 0 aromatic heterocycles. The normalized spacial score (nSPS) is 24.2. The summed E-state index contributed by atoms with van der Waals surface area (Å²) in [5.74, 6) is -0.291. The molecule has 1 aromatic rings. The zero-order valence-corrected chi connectivity index (χ0v) is 11.6. The number of aliphatic hydroxyl groups excluding tert-OH is 1. The second kappa shape index (κ2) is 6.37. The van der Waals surface area contributed by atoms with Crippen molar-refractivity contribution in [2.45, 2.75) is 31.5 Å². The van der Waals surface area contributed by atoms with Crippen LogP contribution < -0.4 is 0 Å². The van der Waals surface area contributed by atoms with Crippen molar-refractivity contribution in [1.82, 2.24) is 4.90 Å². The molecule has 1 aromatic carbocycles. The van der Waals surface area contributed by atoms with Crippen molar-refractivity contribution in [1.29, 1.82) is 0 Å². The minimum Gasteiger partial charge on any atom is -0.468 e. The third-order valence-corrected chi connectivity index (χ3v) is 3.67. The van der Waals surface area contributed by atoms with E-state index in [0.29, 0.717) is 31.0 Å². The number of benzene rings is 1. The Morgan fingerprint density at radius 1 is 1.58 bits per heavy atom. The Morgan fingerprint density at radius 2 is 2.37 bits per heavy atom. The van der Waals surface area contributed by atoms with E-state index in [1.54, 1.807) is 0 Å². The Morgan fingerprint density at radius 3 is 3.05 bits per heavy atom. The van der Waals surface area contributed by atoms with Crippen LogP contribution in [0.4, 0.5) is 0 Å². The van der Waals surface area contributed by atoms with Crippen molar-refractivity contribution in [2.75, 3.05) is 13.7 Å². The highest BCUT2D eigenvalue weighted by molar-refractivity contribution is 6.30. The molecule has 1 saturated heterocycles. The van der Waals surface area contributed by atoms with Crippen LogP contribution in [0.15, 0.2) is 24.3 Å². The van der Waals surface area contributed by atoms with Gasteiger partial charge in [-0.05, 0) is 30.5 Å². The maximum absolute atomic E-state index is 11.8. The van der Waals surface area contributed by atoms with Gasteiger partial charge in [-0.2, -0.15) is 0 Å². The van der Waals surface area contributed by atoms with Crippen LogP contribution in [0.25, 0.3) is 0 Å². The quantitative estimate of drug-likeness (QED) is 0.860. The zero-order valence-electron chi connectivity index (χ0n) is 10.9. The molecule has 0 amide bonds. The molecular formula is C14H18ClNO3. The van der Waals surface area contributed by atoms with E-state index in [2.05, 4.69) is 0 Å². The number of rotatable bonds is 3. The van der Waals surface area contributed by atoms with Crippen molar-refractivity contribution in [2.24, 2.45) is 0 Å². The number of halogens is 1. The number of ether oxygens (including phenoxy) is 1. The molecule has 1 heterocycles. The van der Waals surface area contributed by atoms with Gasteiger partial charge in [0.15, 0.2) is 0 Å². The number of piperidine rings is 1. The number of esters is 1. The van der Waals surface area contributed by atoms with Crippen molar-refractivity contribution in [3.63, 3.8) is 0 Å². The summed E-state index contributed by atoms with van der Waals surface area (Å²) in [6.07, 6.45) is 0.668. The molecule has 0 saturated carbocycles. The van der Waals surface area contributed by atoms with Gasteiger partial charge in [0, 0.05) is 18.1 Å². The second-order valence-electron chi connectivity index (χ2n) is 4.82. The highest BCUT2D eigenvalue weighted by Gasteiger charge is 2.33. The molecule has 5 heteroatoms. The monoisotopic (exact) mass is 283 g/mol. The lowest BCUT2D eigenvalue weighted by Gasteiger charge is -2.36. The van der Waals surface area contributed by atoms with Crippen LogP contribution in [0.3, 0.4) is 0 Å². The topological polar surface area (TPSA) is 49.8 Å². The molecule has 1 fully saturated rings. The molecule has 1 aliphatic heterocycles. The first-order valence-electron chi connectivity index (χ1n) is 6.34.